The van der Waals surface area contributed by atoms with Gasteiger partial charge in [-0.1, -0.05) is 53.7 Å². The van der Waals surface area contributed by atoms with E-state index in [2.05, 4.69) is 20.7 Å². The molecule has 1 aromatic heterocycles. The van der Waals surface area contributed by atoms with Crippen LogP contribution in [0.3, 0.4) is 0 Å². The number of fused-ring (bicyclic) bond motifs is 1. The molecule has 0 aliphatic carbocycles. The van der Waals surface area contributed by atoms with Crippen molar-refractivity contribution < 1.29 is 14.3 Å². The zero-order valence-corrected chi connectivity index (χ0v) is 23.4. The normalized spacial score (nSPS) is 11.2. The Labute approximate surface area is 241 Å². The number of nitrogens with one attached hydrogen (secondary N) is 1. The van der Waals surface area contributed by atoms with Crippen LogP contribution in [0.15, 0.2) is 95.2 Å². The summed E-state index contributed by atoms with van der Waals surface area (Å²) in [6.45, 7) is 2.52. The topological polar surface area (TPSA) is 90.6 Å². The molecule has 0 atom stereocenters. The summed E-state index contributed by atoms with van der Waals surface area (Å²) in [7, 11) is 1.61. The molecule has 0 bridgehead atoms. The number of hydrogen-bond acceptors (Lipinski definition) is 7. The number of methoxy groups -OCH3 is 1. The minimum absolute atomic E-state index is 0.0831. The smallest absolute Gasteiger partial charge is 0.250 e. The Hall–Kier alpha value is -4.34. The lowest BCUT2D eigenvalue weighted by atomic mass is 10.0. The van der Waals surface area contributed by atoms with E-state index in [4.69, 9.17) is 21.1 Å². The Kier molecular flexibility index (Phi) is 8.63. The molecule has 40 heavy (non-hydrogen) atoms. The second-order valence-electron chi connectivity index (χ2n) is 8.56. The van der Waals surface area contributed by atoms with E-state index in [1.165, 1.54) is 11.8 Å². The summed E-state index contributed by atoms with van der Waals surface area (Å²) in [5, 5.41) is 16.2. The summed E-state index contributed by atoms with van der Waals surface area (Å²) in [6, 6.07) is 26.8. The van der Waals surface area contributed by atoms with Crippen molar-refractivity contribution in [1.29, 1.82) is 0 Å². The van der Waals surface area contributed by atoms with Crippen LogP contribution >= 0.6 is 23.4 Å². The van der Waals surface area contributed by atoms with Crippen LogP contribution in [0, 0.1) is 0 Å². The first-order valence-electron chi connectivity index (χ1n) is 12.5. The van der Waals surface area contributed by atoms with Crippen LogP contribution in [0.25, 0.3) is 27.8 Å². The number of rotatable bonds is 10. The van der Waals surface area contributed by atoms with Crippen LogP contribution in [0.4, 0.5) is 0 Å². The van der Waals surface area contributed by atoms with Gasteiger partial charge in [0.25, 0.3) is 5.91 Å². The Morgan fingerprint density at radius 1 is 1.02 bits per heavy atom. The predicted molar refractivity (Wildman–Crippen MR) is 160 cm³/mol. The van der Waals surface area contributed by atoms with Crippen molar-refractivity contribution in [3.05, 3.63) is 95.5 Å². The molecule has 0 radical (unpaired) electrons. The maximum absolute atomic E-state index is 12.7. The standard InChI is InChI=1S/C30H26ClN5O3S/c1-3-39-24-15-13-23(14-16-24)36-29(21-8-11-22(31)12-9-21)34-35-30(36)40-19-28(37)33-32-18-26-25-7-5-4-6-20(25)10-17-27(26)38-2/h4-18H,3,19H2,1-2H3,(H,33,37)/b32-18+. The van der Waals surface area contributed by atoms with Crippen molar-refractivity contribution in [2.24, 2.45) is 5.10 Å². The van der Waals surface area contributed by atoms with Gasteiger partial charge in [0.2, 0.25) is 0 Å². The summed E-state index contributed by atoms with van der Waals surface area (Å²) in [5.41, 5.74) is 5.08. The fraction of sp³-hybridized carbons (Fsp3) is 0.133. The van der Waals surface area contributed by atoms with Crippen molar-refractivity contribution in [2.75, 3.05) is 19.5 Å². The molecule has 4 aromatic carbocycles. The number of carbonyl (C=O) groups excluding carboxylic acids is 1. The molecule has 0 spiro atoms. The van der Waals surface area contributed by atoms with Gasteiger partial charge in [-0.05, 0) is 72.3 Å². The number of hydrogen-bond donors (Lipinski definition) is 1. The summed E-state index contributed by atoms with van der Waals surface area (Å²) in [5.74, 6) is 1.87. The second kappa shape index (κ2) is 12.7. The number of hydrazone groups is 1. The number of aromatic nitrogens is 3. The summed E-state index contributed by atoms with van der Waals surface area (Å²) >= 11 is 7.36. The molecular weight excluding hydrogens is 546 g/mol. The highest BCUT2D eigenvalue weighted by atomic mass is 35.5. The number of nitrogens with zero attached hydrogens (tertiary/aromatic N) is 4. The highest BCUT2D eigenvalue weighted by molar-refractivity contribution is 7.99. The Balaban J connectivity index is 1.35. The number of thioether (sulfide) groups is 1. The quantitative estimate of drug-likeness (QED) is 0.119. The van der Waals surface area contributed by atoms with Crippen LogP contribution in [-0.4, -0.2) is 46.4 Å². The molecular formula is C30H26ClN5O3S. The van der Waals surface area contributed by atoms with E-state index in [1.54, 1.807) is 25.5 Å². The van der Waals surface area contributed by atoms with E-state index >= 15 is 0 Å². The molecule has 1 N–H and O–H groups in total. The third kappa shape index (κ3) is 6.11. The SMILES string of the molecule is CCOc1ccc(-n2c(SCC(=O)N/N=C/c3c(OC)ccc4ccccc34)nnc2-c2ccc(Cl)cc2)cc1. The molecule has 0 unspecified atom stereocenters. The molecule has 0 saturated carbocycles. The first-order valence-corrected chi connectivity index (χ1v) is 13.9. The number of halogens is 1. The molecule has 0 saturated heterocycles. The maximum Gasteiger partial charge on any atom is 0.250 e. The van der Waals surface area contributed by atoms with Crippen molar-refractivity contribution in [1.82, 2.24) is 20.2 Å². The average molecular weight is 572 g/mol. The lowest BCUT2D eigenvalue weighted by Crippen LogP contribution is -2.20. The van der Waals surface area contributed by atoms with E-state index in [9.17, 15) is 4.79 Å². The monoisotopic (exact) mass is 571 g/mol. The third-order valence-corrected chi connectivity index (χ3v) is 7.19. The van der Waals surface area contributed by atoms with Crippen molar-refractivity contribution in [2.45, 2.75) is 12.1 Å². The number of carbonyl (C=O) groups is 1. The van der Waals surface area contributed by atoms with Gasteiger partial charge in [0.1, 0.15) is 11.5 Å². The zero-order valence-electron chi connectivity index (χ0n) is 21.9. The van der Waals surface area contributed by atoms with E-state index in [1.807, 2.05) is 84.3 Å². The molecule has 1 amide bonds. The van der Waals surface area contributed by atoms with Gasteiger partial charge in [-0.3, -0.25) is 9.36 Å². The molecule has 0 fully saturated rings. The maximum atomic E-state index is 12.7. The average Bonchev–Trinajstić information content (AvgIpc) is 3.41. The lowest BCUT2D eigenvalue weighted by Gasteiger charge is -2.11. The van der Waals surface area contributed by atoms with Crippen molar-refractivity contribution in [3.63, 3.8) is 0 Å². The van der Waals surface area contributed by atoms with Crippen molar-refractivity contribution >= 4 is 46.3 Å². The first kappa shape index (κ1) is 27.2. The summed E-state index contributed by atoms with van der Waals surface area (Å²) in [4.78, 5) is 12.7. The van der Waals surface area contributed by atoms with E-state index in [-0.39, 0.29) is 11.7 Å². The fourth-order valence-electron chi connectivity index (χ4n) is 4.16. The fourth-order valence-corrected chi connectivity index (χ4v) is 5.03. The number of ether oxygens (including phenoxy) is 2. The van der Waals surface area contributed by atoms with Gasteiger partial charge in [-0.2, -0.15) is 5.10 Å². The zero-order chi connectivity index (χ0) is 27.9. The van der Waals surface area contributed by atoms with Gasteiger partial charge in [0.15, 0.2) is 11.0 Å². The van der Waals surface area contributed by atoms with E-state index < -0.39 is 0 Å². The lowest BCUT2D eigenvalue weighted by molar-refractivity contribution is -0.118. The molecule has 5 rings (SSSR count). The number of amides is 1. The molecule has 5 aromatic rings. The van der Waals surface area contributed by atoms with Crippen molar-refractivity contribution in [3.8, 4) is 28.6 Å². The van der Waals surface area contributed by atoms with Crippen LogP contribution < -0.4 is 14.9 Å². The largest absolute Gasteiger partial charge is 0.496 e. The van der Waals surface area contributed by atoms with Gasteiger partial charge in [0, 0.05) is 21.8 Å². The first-order chi connectivity index (χ1) is 19.6. The van der Waals surface area contributed by atoms with Gasteiger partial charge >= 0.3 is 0 Å². The molecule has 1 heterocycles. The Bertz CT molecular complexity index is 1650. The van der Waals surface area contributed by atoms with E-state index in [0.717, 1.165) is 33.3 Å². The molecule has 8 nitrogen and oxygen atoms in total. The van der Waals surface area contributed by atoms with Gasteiger partial charge in [-0.15, -0.1) is 10.2 Å². The Morgan fingerprint density at radius 2 is 1.80 bits per heavy atom. The third-order valence-electron chi connectivity index (χ3n) is 6.01. The van der Waals surface area contributed by atoms with Crippen LogP contribution in [0.2, 0.25) is 5.02 Å². The Morgan fingerprint density at radius 3 is 2.55 bits per heavy atom. The second-order valence-corrected chi connectivity index (χ2v) is 9.94. The highest BCUT2D eigenvalue weighted by Gasteiger charge is 2.18. The van der Waals surface area contributed by atoms with Gasteiger partial charge in [-0.25, -0.2) is 5.43 Å². The number of benzene rings is 4. The summed E-state index contributed by atoms with van der Waals surface area (Å²) < 4.78 is 13.0. The van der Waals surface area contributed by atoms with E-state index in [0.29, 0.717) is 28.4 Å². The van der Waals surface area contributed by atoms with Gasteiger partial charge < -0.3 is 9.47 Å². The minimum atomic E-state index is -0.283. The molecule has 0 aliphatic heterocycles. The highest BCUT2D eigenvalue weighted by Crippen LogP contribution is 2.30. The summed E-state index contributed by atoms with van der Waals surface area (Å²) in [6.07, 6.45) is 1.60. The van der Waals surface area contributed by atoms with Crippen LogP contribution in [0.5, 0.6) is 11.5 Å². The van der Waals surface area contributed by atoms with Gasteiger partial charge in [0.05, 0.1) is 25.7 Å². The molecule has 10 heteroatoms. The molecule has 0 aliphatic rings. The van der Waals surface area contributed by atoms with Crippen LogP contribution in [0.1, 0.15) is 12.5 Å². The predicted octanol–water partition coefficient (Wildman–Crippen LogP) is 6.39. The van der Waals surface area contributed by atoms with Crippen LogP contribution in [-0.2, 0) is 4.79 Å². The molecule has 202 valence electrons. The minimum Gasteiger partial charge on any atom is -0.496 e.